The first-order chi connectivity index (χ1) is 13.6. The van der Waals surface area contributed by atoms with Gasteiger partial charge in [-0.15, -0.1) is 0 Å². The van der Waals surface area contributed by atoms with Crippen LogP contribution >= 0.6 is 0 Å². The molecule has 1 saturated carbocycles. The Morgan fingerprint density at radius 3 is 2.50 bits per heavy atom. The molecule has 0 spiro atoms. The third kappa shape index (κ3) is 5.47. The van der Waals surface area contributed by atoms with Crippen molar-refractivity contribution in [1.82, 2.24) is 15.5 Å². The van der Waals surface area contributed by atoms with E-state index in [2.05, 4.69) is 39.9 Å². The minimum absolute atomic E-state index is 0.273. The summed E-state index contributed by atoms with van der Waals surface area (Å²) in [6.45, 7) is 4.10. The quantitative estimate of drug-likeness (QED) is 0.506. The highest BCUT2D eigenvalue weighted by Crippen LogP contribution is 2.43. The number of methoxy groups -OCH3 is 1. The molecule has 2 aliphatic rings. The molecule has 6 nitrogen and oxygen atoms in total. The molecule has 6 heteroatoms. The Kier molecular flexibility index (Phi) is 7.31. The van der Waals surface area contributed by atoms with E-state index in [9.17, 15) is 4.79 Å². The zero-order chi connectivity index (χ0) is 19.8. The van der Waals surface area contributed by atoms with Gasteiger partial charge in [0, 0.05) is 53.4 Å². The van der Waals surface area contributed by atoms with E-state index in [1.165, 1.54) is 30.4 Å². The van der Waals surface area contributed by atoms with E-state index in [0.29, 0.717) is 11.8 Å². The molecule has 1 aromatic rings. The lowest BCUT2D eigenvalue weighted by molar-refractivity contribution is -0.128. The maximum Gasteiger partial charge on any atom is 0.222 e. The van der Waals surface area contributed by atoms with E-state index in [1.807, 2.05) is 11.9 Å². The number of guanidine groups is 1. The van der Waals surface area contributed by atoms with Gasteiger partial charge < -0.3 is 20.3 Å². The van der Waals surface area contributed by atoms with Crippen molar-refractivity contribution in [2.24, 2.45) is 10.4 Å². The molecule has 28 heavy (non-hydrogen) atoms. The fraction of sp³-hybridized carbons (Fsp3) is 0.636. The molecule has 1 saturated heterocycles. The van der Waals surface area contributed by atoms with Crippen molar-refractivity contribution in [3.8, 4) is 0 Å². The molecule has 1 aliphatic carbocycles. The summed E-state index contributed by atoms with van der Waals surface area (Å²) in [5, 5.41) is 6.90. The summed E-state index contributed by atoms with van der Waals surface area (Å²) in [6.07, 6.45) is 6.63. The van der Waals surface area contributed by atoms with Crippen LogP contribution in [-0.4, -0.2) is 50.6 Å². The second kappa shape index (κ2) is 9.92. The van der Waals surface area contributed by atoms with Crippen LogP contribution in [0.4, 0.5) is 0 Å². The van der Waals surface area contributed by atoms with Gasteiger partial charge in [0.05, 0.1) is 0 Å². The largest absolute Gasteiger partial charge is 0.385 e. The number of hydrogen-bond acceptors (Lipinski definition) is 3. The van der Waals surface area contributed by atoms with Gasteiger partial charge in [0.15, 0.2) is 5.96 Å². The van der Waals surface area contributed by atoms with Gasteiger partial charge in [-0.3, -0.25) is 9.79 Å². The maximum atomic E-state index is 11.8. The first-order valence-corrected chi connectivity index (χ1v) is 10.4. The zero-order valence-corrected chi connectivity index (χ0v) is 17.3. The van der Waals surface area contributed by atoms with Crippen molar-refractivity contribution in [2.45, 2.75) is 51.6 Å². The van der Waals surface area contributed by atoms with Crippen molar-refractivity contribution in [3.63, 3.8) is 0 Å². The van der Waals surface area contributed by atoms with Crippen LogP contribution in [0.3, 0.4) is 0 Å². The number of carbonyl (C=O) groups excluding carboxylic acids is 1. The average Bonchev–Trinajstić information content (AvgIpc) is 3.08. The summed E-state index contributed by atoms with van der Waals surface area (Å²) in [4.78, 5) is 18.1. The van der Waals surface area contributed by atoms with Crippen molar-refractivity contribution in [2.75, 3.05) is 33.9 Å². The Hall–Kier alpha value is -2.08. The third-order valence-electron chi connectivity index (χ3n) is 6.13. The first kappa shape index (κ1) is 20.6. The highest BCUT2D eigenvalue weighted by molar-refractivity contribution is 5.79. The van der Waals surface area contributed by atoms with Gasteiger partial charge >= 0.3 is 0 Å². The number of amides is 1. The van der Waals surface area contributed by atoms with Crippen LogP contribution in [0.2, 0.25) is 0 Å². The molecule has 0 bridgehead atoms. The molecule has 1 aromatic carbocycles. The van der Waals surface area contributed by atoms with Crippen molar-refractivity contribution in [3.05, 3.63) is 35.4 Å². The third-order valence-corrected chi connectivity index (χ3v) is 6.13. The fourth-order valence-electron chi connectivity index (χ4n) is 4.04. The van der Waals surface area contributed by atoms with E-state index in [4.69, 9.17) is 4.74 Å². The van der Waals surface area contributed by atoms with Crippen LogP contribution < -0.4 is 10.6 Å². The average molecular weight is 387 g/mol. The van der Waals surface area contributed by atoms with Crippen LogP contribution in [0.15, 0.2) is 29.3 Å². The van der Waals surface area contributed by atoms with Gasteiger partial charge in [-0.05, 0) is 42.2 Å². The summed E-state index contributed by atoms with van der Waals surface area (Å²) >= 11 is 0. The molecule has 0 aromatic heterocycles. The van der Waals surface area contributed by atoms with Gasteiger partial charge in [0.1, 0.15) is 0 Å². The van der Waals surface area contributed by atoms with E-state index < -0.39 is 0 Å². The molecule has 0 atom stereocenters. The molecule has 1 heterocycles. The SMILES string of the molecule is CN=C(NCc1ccc(CN2CCCC2=O)cc1)NCC1(CCOC)CCC1. The Balaban J connectivity index is 1.43. The highest BCUT2D eigenvalue weighted by Gasteiger charge is 2.36. The lowest BCUT2D eigenvalue weighted by atomic mass is 9.67. The smallest absolute Gasteiger partial charge is 0.222 e. The van der Waals surface area contributed by atoms with Gasteiger partial charge in [0.25, 0.3) is 0 Å². The molecule has 2 N–H and O–H groups in total. The first-order valence-electron chi connectivity index (χ1n) is 10.4. The second-order valence-electron chi connectivity index (χ2n) is 8.11. The van der Waals surface area contributed by atoms with E-state index in [-0.39, 0.29) is 5.91 Å². The van der Waals surface area contributed by atoms with E-state index in [1.54, 1.807) is 7.11 Å². The van der Waals surface area contributed by atoms with Gasteiger partial charge in [0.2, 0.25) is 5.91 Å². The molecule has 0 radical (unpaired) electrons. The molecule has 154 valence electrons. The number of likely N-dealkylation sites (tertiary alicyclic amines) is 1. The molecule has 1 amide bonds. The summed E-state index contributed by atoms with van der Waals surface area (Å²) < 4.78 is 5.27. The molecular weight excluding hydrogens is 352 g/mol. The van der Waals surface area contributed by atoms with Gasteiger partial charge in [-0.2, -0.15) is 0 Å². The number of benzene rings is 1. The fourth-order valence-corrected chi connectivity index (χ4v) is 4.04. The molecule has 0 unspecified atom stereocenters. The van der Waals surface area contributed by atoms with Crippen molar-refractivity contribution in [1.29, 1.82) is 0 Å². The van der Waals surface area contributed by atoms with Crippen LogP contribution in [0, 0.1) is 5.41 Å². The summed E-state index contributed by atoms with van der Waals surface area (Å²) in [5.74, 6) is 1.12. The van der Waals surface area contributed by atoms with Crippen LogP contribution in [0.5, 0.6) is 0 Å². The number of nitrogens with zero attached hydrogens (tertiary/aromatic N) is 2. The van der Waals surface area contributed by atoms with Crippen LogP contribution in [0.1, 0.15) is 49.7 Å². The number of hydrogen-bond donors (Lipinski definition) is 2. The zero-order valence-electron chi connectivity index (χ0n) is 17.3. The topological polar surface area (TPSA) is 66.0 Å². The standard InChI is InChI=1S/C22H34N4O2/c1-23-21(25-17-22(10-4-11-22)12-14-28-2)24-15-18-6-8-19(9-7-18)16-26-13-3-5-20(26)27/h6-9H,3-5,10-17H2,1-2H3,(H2,23,24,25). The summed E-state index contributed by atoms with van der Waals surface area (Å²) in [5.41, 5.74) is 2.76. The molecular formula is C22H34N4O2. The van der Waals surface area contributed by atoms with Gasteiger partial charge in [-0.25, -0.2) is 0 Å². The van der Waals surface area contributed by atoms with Crippen molar-refractivity contribution < 1.29 is 9.53 Å². The Labute approximate surface area is 168 Å². The number of aliphatic imine (C=N–C) groups is 1. The van der Waals surface area contributed by atoms with E-state index in [0.717, 1.165) is 51.6 Å². The van der Waals surface area contributed by atoms with Crippen molar-refractivity contribution >= 4 is 11.9 Å². The molecule has 2 fully saturated rings. The molecule has 1 aliphatic heterocycles. The number of nitrogens with one attached hydrogen (secondary N) is 2. The normalized spacial score (nSPS) is 18.9. The summed E-state index contributed by atoms with van der Waals surface area (Å²) in [7, 11) is 3.59. The maximum absolute atomic E-state index is 11.8. The monoisotopic (exact) mass is 386 g/mol. The highest BCUT2D eigenvalue weighted by atomic mass is 16.5. The Morgan fingerprint density at radius 2 is 1.93 bits per heavy atom. The predicted octanol–water partition coefficient (Wildman–Crippen LogP) is 2.68. The second-order valence-corrected chi connectivity index (χ2v) is 8.11. The van der Waals surface area contributed by atoms with E-state index >= 15 is 0 Å². The summed E-state index contributed by atoms with van der Waals surface area (Å²) in [6, 6.07) is 8.49. The Morgan fingerprint density at radius 1 is 1.18 bits per heavy atom. The minimum Gasteiger partial charge on any atom is -0.385 e. The number of rotatable bonds is 9. The lowest BCUT2D eigenvalue weighted by Gasteiger charge is -2.42. The van der Waals surface area contributed by atoms with Gasteiger partial charge in [-0.1, -0.05) is 30.7 Å². The molecule has 3 rings (SSSR count). The number of carbonyl (C=O) groups is 1. The Bertz CT molecular complexity index is 668. The van der Waals surface area contributed by atoms with Crippen LogP contribution in [0.25, 0.3) is 0 Å². The number of ether oxygens (including phenoxy) is 1. The lowest BCUT2D eigenvalue weighted by Crippen LogP contribution is -2.46. The minimum atomic E-state index is 0.273. The predicted molar refractivity (Wildman–Crippen MR) is 112 cm³/mol. The van der Waals surface area contributed by atoms with Crippen LogP contribution in [-0.2, 0) is 22.6 Å².